The molecule has 14 heteroatoms. The average Bonchev–Trinajstić information content (AvgIpc) is 3.48. The molecule has 2 aromatic carbocycles. The Hall–Kier alpha value is -4.66. The number of carboxylic acid groups (broad SMARTS) is 1. The summed E-state index contributed by atoms with van der Waals surface area (Å²) in [7, 11) is -4.30. The molecule has 0 radical (unpaired) electrons. The van der Waals surface area contributed by atoms with Crippen LogP contribution in [0.1, 0.15) is 94.2 Å². The number of aromatic nitrogens is 4. The van der Waals surface area contributed by atoms with Crippen LogP contribution in [0.25, 0.3) is 11.3 Å². The highest BCUT2D eigenvalue weighted by Gasteiger charge is 2.30. The van der Waals surface area contributed by atoms with Crippen molar-refractivity contribution >= 4 is 27.6 Å². The summed E-state index contributed by atoms with van der Waals surface area (Å²) < 4.78 is 42.2. The van der Waals surface area contributed by atoms with Crippen LogP contribution in [0.5, 0.6) is 5.88 Å². The summed E-state index contributed by atoms with van der Waals surface area (Å²) in [6, 6.07) is 10.8. The summed E-state index contributed by atoms with van der Waals surface area (Å²) >= 11 is 0. The lowest BCUT2D eigenvalue weighted by Crippen LogP contribution is -2.38. The molecular weight excluding hydrogens is 719 g/mol. The quantitative estimate of drug-likeness (QED) is 0.105. The Morgan fingerprint density at radius 2 is 1.76 bits per heavy atom. The molecule has 4 aromatic rings. The van der Waals surface area contributed by atoms with E-state index in [1.807, 2.05) is 58.3 Å². The van der Waals surface area contributed by atoms with Crippen LogP contribution in [0.2, 0.25) is 0 Å². The first-order valence-corrected chi connectivity index (χ1v) is 20.2. The molecule has 1 unspecified atom stereocenters. The molecule has 0 saturated carbocycles. The fourth-order valence-corrected chi connectivity index (χ4v) is 7.61. The minimum atomic E-state index is -4.30. The molecule has 0 aliphatic carbocycles. The van der Waals surface area contributed by atoms with E-state index in [1.54, 1.807) is 0 Å². The van der Waals surface area contributed by atoms with Gasteiger partial charge in [0.15, 0.2) is 0 Å². The van der Waals surface area contributed by atoms with E-state index in [9.17, 15) is 18.3 Å². The van der Waals surface area contributed by atoms with Gasteiger partial charge >= 0.3 is 5.97 Å². The minimum absolute atomic E-state index is 0.0178. The second kappa shape index (κ2) is 17.0. The van der Waals surface area contributed by atoms with Crippen molar-refractivity contribution in [2.45, 2.75) is 105 Å². The van der Waals surface area contributed by atoms with Crippen molar-refractivity contribution in [3.63, 3.8) is 0 Å². The van der Waals surface area contributed by atoms with E-state index in [2.05, 4.69) is 64.5 Å². The zero-order valence-electron chi connectivity index (χ0n) is 33.4. The SMILES string of the molecule is Cc1cccc(COC(C)C)c1-c1nc(NS(=O)(=O)c2cccc(C(=O)O)c2)nc(OCC(CC(C)(C)C)NCc2ncc(N3CCC(C)(C)C3)cn2)c1C. The van der Waals surface area contributed by atoms with Crippen LogP contribution in [0.3, 0.4) is 0 Å². The van der Waals surface area contributed by atoms with Crippen LogP contribution in [-0.4, -0.2) is 71.3 Å². The third-order valence-corrected chi connectivity index (χ3v) is 10.8. The van der Waals surface area contributed by atoms with Gasteiger partial charge in [0.2, 0.25) is 11.8 Å². The van der Waals surface area contributed by atoms with Crippen LogP contribution in [0.15, 0.2) is 59.8 Å². The summed E-state index contributed by atoms with van der Waals surface area (Å²) in [5.41, 5.74) is 4.73. The van der Waals surface area contributed by atoms with Gasteiger partial charge < -0.3 is 24.8 Å². The number of nitrogens with zero attached hydrogens (tertiary/aromatic N) is 5. The zero-order valence-corrected chi connectivity index (χ0v) is 34.2. The number of benzene rings is 2. The number of aryl methyl sites for hydroxylation is 1. The minimum Gasteiger partial charge on any atom is -0.478 e. The number of anilines is 2. The van der Waals surface area contributed by atoms with E-state index in [0.29, 0.717) is 30.2 Å². The number of nitrogens with one attached hydrogen (secondary N) is 2. The van der Waals surface area contributed by atoms with Crippen LogP contribution in [0, 0.1) is 24.7 Å². The van der Waals surface area contributed by atoms with Gasteiger partial charge in [-0.05, 0) is 80.7 Å². The molecular formula is C41H55N7O6S. The highest BCUT2D eigenvalue weighted by atomic mass is 32.2. The third kappa shape index (κ3) is 11.2. The molecule has 55 heavy (non-hydrogen) atoms. The molecule has 1 fully saturated rings. The Labute approximate surface area is 325 Å². The van der Waals surface area contributed by atoms with Gasteiger partial charge in [-0.15, -0.1) is 0 Å². The van der Waals surface area contributed by atoms with Crippen molar-refractivity contribution in [3.05, 3.63) is 82.9 Å². The Morgan fingerprint density at radius 3 is 2.40 bits per heavy atom. The van der Waals surface area contributed by atoms with Gasteiger partial charge in [0.05, 0.1) is 53.5 Å². The Balaban J connectivity index is 1.45. The fraction of sp³-hybridized carbons (Fsp3) is 0.488. The van der Waals surface area contributed by atoms with E-state index in [0.717, 1.165) is 54.4 Å². The number of aromatic carboxylic acids is 1. The molecule has 5 rings (SSSR count). The van der Waals surface area contributed by atoms with Crippen molar-refractivity contribution in [2.75, 3.05) is 29.3 Å². The number of carbonyl (C=O) groups is 1. The molecule has 13 nitrogen and oxygen atoms in total. The number of rotatable bonds is 16. The lowest BCUT2D eigenvalue weighted by atomic mass is 9.88. The second-order valence-electron chi connectivity index (χ2n) is 16.6. The maximum Gasteiger partial charge on any atom is 0.335 e. The Kier molecular flexibility index (Phi) is 12.8. The molecule has 0 amide bonds. The number of ether oxygens (including phenoxy) is 2. The van der Waals surface area contributed by atoms with Crippen LogP contribution in [-0.2, 0) is 27.9 Å². The molecule has 1 atom stereocenters. The monoisotopic (exact) mass is 773 g/mol. The van der Waals surface area contributed by atoms with Gasteiger partial charge in [0.25, 0.3) is 10.0 Å². The number of sulfonamides is 1. The van der Waals surface area contributed by atoms with Crippen molar-refractivity contribution < 1.29 is 27.8 Å². The molecule has 2 aromatic heterocycles. The van der Waals surface area contributed by atoms with Gasteiger partial charge in [0.1, 0.15) is 12.4 Å². The highest BCUT2D eigenvalue weighted by molar-refractivity contribution is 7.92. The van der Waals surface area contributed by atoms with Crippen molar-refractivity contribution in [1.29, 1.82) is 0 Å². The number of hydrogen-bond acceptors (Lipinski definition) is 11. The topological polar surface area (TPSA) is 169 Å². The van der Waals surface area contributed by atoms with E-state index < -0.39 is 16.0 Å². The van der Waals surface area contributed by atoms with Gasteiger partial charge in [-0.3, -0.25) is 0 Å². The van der Waals surface area contributed by atoms with Crippen molar-refractivity contribution in [1.82, 2.24) is 25.3 Å². The lowest BCUT2D eigenvalue weighted by Gasteiger charge is -2.27. The number of carboxylic acids is 1. The lowest BCUT2D eigenvalue weighted by molar-refractivity contribution is 0.0659. The van der Waals surface area contributed by atoms with E-state index in [1.165, 1.54) is 18.2 Å². The molecule has 1 saturated heterocycles. The zero-order chi connectivity index (χ0) is 40.1. The average molecular weight is 774 g/mol. The summed E-state index contributed by atoms with van der Waals surface area (Å²) in [4.78, 5) is 32.3. The summed E-state index contributed by atoms with van der Waals surface area (Å²) in [5.74, 6) is -0.590. The Morgan fingerprint density at radius 1 is 1.05 bits per heavy atom. The summed E-state index contributed by atoms with van der Waals surface area (Å²) in [6.45, 7) is 21.7. The summed E-state index contributed by atoms with van der Waals surface area (Å²) in [5, 5.41) is 13.1. The molecule has 3 heterocycles. The standard InChI is InChI=1S/C41H55N7O6S/c1-26(2)53-23-30-14-10-12-27(3)35(30)36-28(4)37(46-39(45-36)47-55(51,52)33-15-11-13-29(18-33)38(49)50)54-24-31(19-40(5,6)7)42-22-34-43-20-32(21-44-34)48-17-16-41(8,9)25-48/h10-15,18,20-21,26,31,42H,16-17,19,22-25H2,1-9H3,(H,49,50)(H,45,46,47). The first-order valence-electron chi connectivity index (χ1n) is 18.7. The van der Waals surface area contributed by atoms with Gasteiger partial charge in [-0.1, -0.05) is 58.9 Å². The predicted octanol–water partition coefficient (Wildman–Crippen LogP) is 7.18. The van der Waals surface area contributed by atoms with Crippen LogP contribution >= 0.6 is 0 Å². The first kappa shape index (κ1) is 41.5. The number of hydrogen-bond donors (Lipinski definition) is 3. The molecule has 1 aliphatic heterocycles. The molecule has 296 valence electrons. The molecule has 0 spiro atoms. The Bertz CT molecular complexity index is 2080. The molecule has 0 bridgehead atoms. The van der Waals surface area contributed by atoms with Crippen LogP contribution in [0.4, 0.5) is 11.6 Å². The predicted molar refractivity (Wildman–Crippen MR) is 214 cm³/mol. The first-order chi connectivity index (χ1) is 25.8. The van der Waals surface area contributed by atoms with Gasteiger partial charge in [0, 0.05) is 30.3 Å². The van der Waals surface area contributed by atoms with E-state index in [-0.39, 0.29) is 51.9 Å². The third-order valence-electron chi connectivity index (χ3n) is 9.45. The second-order valence-corrected chi connectivity index (χ2v) is 18.3. The molecule has 3 N–H and O–H groups in total. The maximum absolute atomic E-state index is 13.6. The summed E-state index contributed by atoms with van der Waals surface area (Å²) in [6.07, 6.45) is 5.64. The highest BCUT2D eigenvalue weighted by Crippen LogP contribution is 2.35. The van der Waals surface area contributed by atoms with Crippen molar-refractivity contribution in [3.8, 4) is 17.1 Å². The van der Waals surface area contributed by atoms with Gasteiger partial charge in [-0.25, -0.2) is 32.9 Å². The smallest absolute Gasteiger partial charge is 0.335 e. The van der Waals surface area contributed by atoms with Crippen molar-refractivity contribution in [2.24, 2.45) is 10.8 Å². The maximum atomic E-state index is 13.6. The largest absolute Gasteiger partial charge is 0.478 e. The van der Waals surface area contributed by atoms with Crippen LogP contribution < -0.4 is 19.7 Å². The van der Waals surface area contributed by atoms with Gasteiger partial charge in [-0.2, -0.15) is 4.98 Å². The van der Waals surface area contributed by atoms with E-state index in [4.69, 9.17) is 14.5 Å². The normalized spacial score (nSPS) is 15.0. The van der Waals surface area contributed by atoms with E-state index >= 15 is 0 Å². The molecule has 1 aliphatic rings. The fourth-order valence-electron chi connectivity index (χ4n) is 6.62.